The first kappa shape index (κ1) is 11.3. The number of carboxylic acids is 1. The van der Waals surface area contributed by atoms with Gasteiger partial charge in [-0.25, -0.2) is 0 Å². The summed E-state index contributed by atoms with van der Waals surface area (Å²) >= 11 is 0. The Balaban J connectivity index is 3.22. The van der Waals surface area contributed by atoms with Gasteiger partial charge in [0.2, 0.25) is 0 Å². The highest BCUT2D eigenvalue weighted by molar-refractivity contribution is 5.70. The standard InChI is InChI=1S/C12H13NO2/c1-3-10-4-9(6-12(14)15)5-11(7-13)8(10)2/h4-5H,3,6H2,1-2H3,(H,14,15). The SMILES string of the molecule is CCc1cc(CC(=O)O)cc(C#N)c1C. The van der Waals surface area contributed by atoms with E-state index in [4.69, 9.17) is 10.4 Å². The quantitative estimate of drug-likeness (QED) is 0.817. The zero-order valence-electron chi connectivity index (χ0n) is 8.87. The topological polar surface area (TPSA) is 61.1 Å². The van der Waals surface area contributed by atoms with Gasteiger partial charge in [0.25, 0.3) is 0 Å². The van der Waals surface area contributed by atoms with Crippen LogP contribution < -0.4 is 0 Å². The van der Waals surface area contributed by atoms with Crippen molar-refractivity contribution in [2.45, 2.75) is 26.7 Å². The van der Waals surface area contributed by atoms with Crippen LogP contribution in [0.3, 0.4) is 0 Å². The molecule has 0 fully saturated rings. The van der Waals surface area contributed by atoms with E-state index >= 15 is 0 Å². The summed E-state index contributed by atoms with van der Waals surface area (Å²) in [5.74, 6) is -0.871. The summed E-state index contributed by atoms with van der Waals surface area (Å²) in [5, 5.41) is 17.6. The molecule has 15 heavy (non-hydrogen) atoms. The van der Waals surface area contributed by atoms with Crippen LogP contribution >= 0.6 is 0 Å². The molecule has 1 aromatic rings. The summed E-state index contributed by atoms with van der Waals surface area (Å²) in [7, 11) is 0. The fraction of sp³-hybridized carbons (Fsp3) is 0.333. The molecule has 0 spiro atoms. The third-order valence-electron chi connectivity index (χ3n) is 2.43. The first-order valence-electron chi connectivity index (χ1n) is 4.82. The fourth-order valence-corrected chi connectivity index (χ4v) is 1.60. The van der Waals surface area contributed by atoms with Gasteiger partial charge < -0.3 is 5.11 Å². The van der Waals surface area contributed by atoms with Gasteiger partial charge in [0.15, 0.2) is 0 Å². The number of aryl methyl sites for hydroxylation is 1. The monoisotopic (exact) mass is 203 g/mol. The highest BCUT2D eigenvalue weighted by atomic mass is 16.4. The van der Waals surface area contributed by atoms with Crippen molar-refractivity contribution in [1.82, 2.24) is 0 Å². The largest absolute Gasteiger partial charge is 0.481 e. The molecule has 78 valence electrons. The number of aliphatic carboxylic acids is 1. The van der Waals surface area contributed by atoms with Crippen LogP contribution in [0.15, 0.2) is 12.1 Å². The molecule has 0 aromatic heterocycles. The van der Waals surface area contributed by atoms with Crippen molar-refractivity contribution in [2.24, 2.45) is 0 Å². The fourth-order valence-electron chi connectivity index (χ4n) is 1.60. The molecule has 0 radical (unpaired) electrons. The minimum atomic E-state index is -0.871. The molecule has 0 atom stereocenters. The third kappa shape index (κ3) is 2.57. The van der Waals surface area contributed by atoms with Crippen LogP contribution in [0, 0.1) is 18.3 Å². The minimum Gasteiger partial charge on any atom is -0.481 e. The van der Waals surface area contributed by atoms with E-state index in [2.05, 4.69) is 6.07 Å². The summed E-state index contributed by atoms with van der Waals surface area (Å²) in [4.78, 5) is 10.6. The second-order valence-electron chi connectivity index (χ2n) is 3.46. The number of rotatable bonds is 3. The molecule has 0 aliphatic rings. The molecule has 3 nitrogen and oxygen atoms in total. The van der Waals surface area contributed by atoms with Crippen LogP contribution in [0.5, 0.6) is 0 Å². The zero-order valence-corrected chi connectivity index (χ0v) is 8.87. The lowest BCUT2D eigenvalue weighted by Gasteiger charge is -2.07. The van der Waals surface area contributed by atoms with Gasteiger partial charge in [0, 0.05) is 0 Å². The number of hydrogen-bond acceptors (Lipinski definition) is 2. The van der Waals surface area contributed by atoms with Gasteiger partial charge in [-0.15, -0.1) is 0 Å². The van der Waals surface area contributed by atoms with E-state index in [-0.39, 0.29) is 6.42 Å². The molecule has 1 rings (SSSR count). The molecule has 0 heterocycles. The molecule has 0 unspecified atom stereocenters. The molecule has 0 aliphatic carbocycles. The number of hydrogen-bond donors (Lipinski definition) is 1. The van der Waals surface area contributed by atoms with Crippen LogP contribution in [0.1, 0.15) is 29.2 Å². The smallest absolute Gasteiger partial charge is 0.307 e. The summed E-state index contributed by atoms with van der Waals surface area (Å²) in [6, 6.07) is 5.61. The van der Waals surface area contributed by atoms with E-state index in [0.29, 0.717) is 11.1 Å². The number of carboxylic acid groups (broad SMARTS) is 1. The Morgan fingerprint density at radius 1 is 1.53 bits per heavy atom. The molecule has 0 amide bonds. The normalized spacial score (nSPS) is 9.67. The molecule has 0 saturated carbocycles. The van der Waals surface area contributed by atoms with Gasteiger partial charge in [-0.2, -0.15) is 5.26 Å². The maximum absolute atomic E-state index is 10.6. The minimum absolute atomic E-state index is 0.0258. The number of carbonyl (C=O) groups is 1. The van der Waals surface area contributed by atoms with Crippen molar-refractivity contribution in [3.63, 3.8) is 0 Å². The molecule has 3 heteroatoms. The number of nitrogens with zero attached hydrogens (tertiary/aromatic N) is 1. The highest BCUT2D eigenvalue weighted by Gasteiger charge is 2.08. The number of benzene rings is 1. The zero-order chi connectivity index (χ0) is 11.4. The molecule has 0 saturated heterocycles. The van der Waals surface area contributed by atoms with Crippen LogP contribution in [-0.4, -0.2) is 11.1 Å². The van der Waals surface area contributed by atoms with Gasteiger partial charge in [0.1, 0.15) is 0 Å². The van der Waals surface area contributed by atoms with Crippen LogP contribution in [0.2, 0.25) is 0 Å². The van der Waals surface area contributed by atoms with Crippen molar-refractivity contribution >= 4 is 5.97 Å². The van der Waals surface area contributed by atoms with Gasteiger partial charge >= 0.3 is 5.97 Å². The lowest BCUT2D eigenvalue weighted by molar-refractivity contribution is -0.136. The summed E-state index contributed by atoms with van der Waals surface area (Å²) in [5.41, 5.74) is 3.27. The molecular formula is C12H13NO2. The van der Waals surface area contributed by atoms with Crippen molar-refractivity contribution < 1.29 is 9.90 Å². The Labute approximate surface area is 89.0 Å². The van der Waals surface area contributed by atoms with E-state index in [0.717, 1.165) is 17.5 Å². The van der Waals surface area contributed by atoms with E-state index in [9.17, 15) is 4.79 Å². The van der Waals surface area contributed by atoms with E-state index < -0.39 is 5.97 Å². The van der Waals surface area contributed by atoms with E-state index in [1.54, 1.807) is 6.07 Å². The first-order valence-corrected chi connectivity index (χ1v) is 4.82. The molecule has 1 N–H and O–H groups in total. The maximum Gasteiger partial charge on any atom is 0.307 e. The highest BCUT2D eigenvalue weighted by Crippen LogP contribution is 2.17. The lowest BCUT2D eigenvalue weighted by atomic mass is 9.96. The Morgan fingerprint density at radius 2 is 2.20 bits per heavy atom. The Hall–Kier alpha value is -1.82. The summed E-state index contributed by atoms with van der Waals surface area (Å²) in [6.45, 7) is 3.88. The van der Waals surface area contributed by atoms with Gasteiger partial charge in [-0.3, -0.25) is 4.79 Å². The van der Waals surface area contributed by atoms with Crippen LogP contribution in [0.25, 0.3) is 0 Å². The second-order valence-corrected chi connectivity index (χ2v) is 3.46. The molecule has 0 aliphatic heterocycles. The van der Waals surface area contributed by atoms with Crippen molar-refractivity contribution in [2.75, 3.05) is 0 Å². The van der Waals surface area contributed by atoms with Crippen molar-refractivity contribution in [3.05, 3.63) is 34.4 Å². The van der Waals surface area contributed by atoms with Crippen molar-refractivity contribution in [3.8, 4) is 6.07 Å². The predicted molar refractivity (Wildman–Crippen MR) is 56.6 cm³/mol. The maximum atomic E-state index is 10.6. The molecular weight excluding hydrogens is 190 g/mol. The van der Waals surface area contributed by atoms with E-state index in [1.165, 1.54) is 0 Å². The summed E-state index contributed by atoms with van der Waals surface area (Å²) in [6.07, 6.45) is 0.788. The lowest BCUT2D eigenvalue weighted by Crippen LogP contribution is -2.02. The average molecular weight is 203 g/mol. The predicted octanol–water partition coefficient (Wildman–Crippen LogP) is 2.06. The molecule has 0 bridgehead atoms. The van der Waals surface area contributed by atoms with Crippen LogP contribution in [0.4, 0.5) is 0 Å². The van der Waals surface area contributed by atoms with Gasteiger partial charge in [0.05, 0.1) is 18.1 Å². The van der Waals surface area contributed by atoms with E-state index in [1.807, 2.05) is 19.9 Å². The van der Waals surface area contributed by atoms with Crippen molar-refractivity contribution in [1.29, 1.82) is 5.26 Å². The van der Waals surface area contributed by atoms with Gasteiger partial charge in [-0.1, -0.05) is 13.0 Å². The van der Waals surface area contributed by atoms with Crippen LogP contribution in [-0.2, 0) is 17.6 Å². The third-order valence-corrected chi connectivity index (χ3v) is 2.43. The number of nitriles is 1. The Kier molecular flexibility index (Phi) is 3.46. The average Bonchev–Trinajstić information content (AvgIpc) is 2.19. The Bertz CT molecular complexity index is 430. The second kappa shape index (κ2) is 4.61. The summed E-state index contributed by atoms with van der Waals surface area (Å²) < 4.78 is 0. The van der Waals surface area contributed by atoms with Gasteiger partial charge in [-0.05, 0) is 36.1 Å². The Morgan fingerprint density at radius 3 is 2.67 bits per heavy atom. The molecule has 1 aromatic carbocycles. The first-order chi connectivity index (χ1) is 7.08.